The zero-order valence-corrected chi connectivity index (χ0v) is 18.0. The van der Waals surface area contributed by atoms with E-state index in [0.29, 0.717) is 6.42 Å². The third-order valence-electron chi connectivity index (χ3n) is 4.99. The summed E-state index contributed by atoms with van der Waals surface area (Å²) >= 11 is 0. The fourth-order valence-electron chi connectivity index (χ4n) is 3.35. The molecule has 0 saturated carbocycles. The summed E-state index contributed by atoms with van der Waals surface area (Å²) in [6.45, 7) is 2.28. The van der Waals surface area contributed by atoms with Crippen molar-refractivity contribution in [2.75, 3.05) is 0 Å². The van der Waals surface area contributed by atoms with Gasteiger partial charge in [0.1, 0.15) is 0 Å². The van der Waals surface area contributed by atoms with Crippen LogP contribution in [0.1, 0.15) is 135 Å². The van der Waals surface area contributed by atoms with Crippen LogP contribution in [0.5, 0.6) is 0 Å². The molecule has 0 aromatic rings. The first kappa shape index (κ1) is 31.2. The molecule has 0 heterocycles. The summed E-state index contributed by atoms with van der Waals surface area (Å²) in [6, 6.07) is 0. The average molecular weight is 426 g/mol. The van der Waals surface area contributed by atoms with Crippen LogP contribution in [0.4, 0.5) is 0 Å². The molecule has 158 valence electrons. The largest absolute Gasteiger partial charge is 0.481 e. The van der Waals surface area contributed by atoms with Crippen molar-refractivity contribution < 1.29 is 27.0 Å². The summed E-state index contributed by atoms with van der Waals surface area (Å²) in [7, 11) is 0. The van der Waals surface area contributed by atoms with Crippen molar-refractivity contribution in [3.05, 3.63) is 0 Å². The number of unbranched alkanes of at least 4 members (excludes halogenated alkanes) is 18. The standard InChI is InChI=1S/C22H44O2.Al.Fe.3H/c1-2-3-4-5-6-7-8-9-10-11-12-13-14-15-16-17-18-19-20-21-22(23)24;;;;;/h2-21H2,1H3,(H,23,24);;;;;. The number of rotatable bonds is 20. The van der Waals surface area contributed by atoms with Gasteiger partial charge in [0.05, 0.1) is 0 Å². The van der Waals surface area contributed by atoms with Gasteiger partial charge in [-0.2, -0.15) is 0 Å². The van der Waals surface area contributed by atoms with Gasteiger partial charge in [-0.05, 0) is 6.42 Å². The molecule has 0 unspecified atom stereocenters. The van der Waals surface area contributed by atoms with Gasteiger partial charge in [0.25, 0.3) is 0 Å². The van der Waals surface area contributed by atoms with E-state index in [1.807, 2.05) is 0 Å². The molecule has 2 nitrogen and oxygen atoms in total. The normalized spacial score (nSPS) is 10.2. The van der Waals surface area contributed by atoms with Gasteiger partial charge in [0.2, 0.25) is 0 Å². The molecular weight excluding hydrogens is 379 g/mol. The average Bonchev–Trinajstić information content (AvgIpc) is 2.56. The van der Waals surface area contributed by atoms with E-state index in [1.54, 1.807) is 0 Å². The molecule has 0 amide bonds. The van der Waals surface area contributed by atoms with E-state index in [9.17, 15) is 4.79 Å². The van der Waals surface area contributed by atoms with Crippen LogP contribution in [0, 0.1) is 0 Å². The van der Waals surface area contributed by atoms with Gasteiger partial charge < -0.3 is 5.11 Å². The third kappa shape index (κ3) is 29.3. The van der Waals surface area contributed by atoms with E-state index < -0.39 is 5.97 Å². The van der Waals surface area contributed by atoms with Gasteiger partial charge in [-0.3, -0.25) is 4.79 Å². The van der Waals surface area contributed by atoms with Crippen LogP contribution in [0.15, 0.2) is 0 Å². The molecule has 0 aliphatic heterocycles. The van der Waals surface area contributed by atoms with Crippen LogP contribution in [0.2, 0.25) is 0 Å². The topological polar surface area (TPSA) is 37.3 Å². The molecule has 0 fully saturated rings. The van der Waals surface area contributed by atoms with Crippen molar-refractivity contribution in [3.8, 4) is 0 Å². The van der Waals surface area contributed by atoms with Crippen molar-refractivity contribution in [1.29, 1.82) is 0 Å². The summed E-state index contributed by atoms with van der Waals surface area (Å²) < 4.78 is 0. The predicted octanol–water partition coefficient (Wildman–Crippen LogP) is 6.71. The molecule has 0 aromatic heterocycles. The van der Waals surface area contributed by atoms with Gasteiger partial charge in [-0.15, -0.1) is 0 Å². The third-order valence-corrected chi connectivity index (χ3v) is 4.99. The molecule has 0 aliphatic rings. The Morgan fingerprint density at radius 1 is 0.538 bits per heavy atom. The zero-order valence-electron chi connectivity index (χ0n) is 16.9. The Bertz CT molecular complexity index is 263. The van der Waals surface area contributed by atoms with Crippen molar-refractivity contribution >= 4 is 23.3 Å². The molecule has 0 aromatic carbocycles. The minimum absolute atomic E-state index is 0. The zero-order chi connectivity index (χ0) is 17.7. The SMILES string of the molecule is CCCCCCCCCCCCCCCCCCCCCC(=O)O.[AlH3].[Fe]. The summed E-state index contributed by atoms with van der Waals surface area (Å²) in [5.74, 6) is -0.651. The van der Waals surface area contributed by atoms with Gasteiger partial charge in [-0.1, -0.05) is 122 Å². The monoisotopic (exact) mass is 426 g/mol. The van der Waals surface area contributed by atoms with Crippen LogP contribution in [-0.2, 0) is 21.9 Å². The van der Waals surface area contributed by atoms with Gasteiger partial charge in [0, 0.05) is 23.5 Å². The van der Waals surface area contributed by atoms with E-state index in [0.717, 1.165) is 12.8 Å². The Hall–Kier alpha value is 0.522. The number of aliphatic carboxylic acids is 1. The van der Waals surface area contributed by atoms with Crippen molar-refractivity contribution in [2.24, 2.45) is 0 Å². The molecule has 1 N–H and O–H groups in total. The smallest absolute Gasteiger partial charge is 0.303 e. The first-order valence-electron chi connectivity index (χ1n) is 11.0. The number of carbonyl (C=O) groups is 1. The molecule has 0 atom stereocenters. The van der Waals surface area contributed by atoms with Gasteiger partial charge >= 0.3 is 5.97 Å². The summed E-state index contributed by atoms with van der Waals surface area (Å²) in [4.78, 5) is 10.4. The minimum Gasteiger partial charge on any atom is -0.481 e. The summed E-state index contributed by atoms with van der Waals surface area (Å²) in [6.07, 6.45) is 26.1. The first-order chi connectivity index (χ1) is 11.8. The second-order valence-electron chi connectivity index (χ2n) is 7.51. The maximum absolute atomic E-state index is 10.4. The summed E-state index contributed by atoms with van der Waals surface area (Å²) in [5.41, 5.74) is 0. The fraction of sp³-hybridized carbons (Fsp3) is 0.955. The molecule has 4 heteroatoms. The number of carboxylic acids is 1. The summed E-state index contributed by atoms with van der Waals surface area (Å²) in [5, 5.41) is 8.56. The molecule has 0 aliphatic carbocycles. The predicted molar refractivity (Wildman–Crippen MR) is 116 cm³/mol. The van der Waals surface area contributed by atoms with Crippen LogP contribution >= 0.6 is 0 Å². The van der Waals surface area contributed by atoms with E-state index in [-0.39, 0.29) is 34.4 Å². The van der Waals surface area contributed by atoms with Crippen LogP contribution in [-0.4, -0.2) is 28.4 Å². The molecule has 26 heavy (non-hydrogen) atoms. The minimum atomic E-state index is -0.651. The maximum Gasteiger partial charge on any atom is 0.303 e. The Morgan fingerprint density at radius 2 is 0.769 bits per heavy atom. The molecule has 0 saturated heterocycles. The van der Waals surface area contributed by atoms with Gasteiger partial charge in [0.15, 0.2) is 17.4 Å². The van der Waals surface area contributed by atoms with Crippen LogP contribution in [0.3, 0.4) is 0 Å². The first-order valence-corrected chi connectivity index (χ1v) is 11.0. The Kier molecular flexibility index (Phi) is 33.3. The molecule has 0 bridgehead atoms. The molecule has 0 rings (SSSR count). The molecule has 0 radical (unpaired) electrons. The Balaban J connectivity index is -0.00000264. The quantitative estimate of drug-likeness (QED) is 0.174. The Labute approximate surface area is 185 Å². The second kappa shape index (κ2) is 27.7. The molecule has 0 spiro atoms. The van der Waals surface area contributed by atoms with Gasteiger partial charge in [-0.25, -0.2) is 0 Å². The van der Waals surface area contributed by atoms with E-state index in [1.165, 1.54) is 109 Å². The maximum atomic E-state index is 10.4. The molecular formula is C22H47AlFeO2. The Morgan fingerprint density at radius 3 is 1.00 bits per heavy atom. The van der Waals surface area contributed by atoms with Crippen molar-refractivity contribution in [3.63, 3.8) is 0 Å². The number of hydrogen-bond donors (Lipinski definition) is 1. The fourth-order valence-corrected chi connectivity index (χ4v) is 3.35. The van der Waals surface area contributed by atoms with Crippen molar-refractivity contribution in [2.45, 2.75) is 135 Å². The second-order valence-corrected chi connectivity index (χ2v) is 7.51. The van der Waals surface area contributed by atoms with E-state index in [2.05, 4.69) is 6.92 Å². The van der Waals surface area contributed by atoms with Crippen LogP contribution in [0.25, 0.3) is 0 Å². The van der Waals surface area contributed by atoms with Crippen molar-refractivity contribution in [1.82, 2.24) is 0 Å². The van der Waals surface area contributed by atoms with E-state index >= 15 is 0 Å². The number of hydrogen-bond acceptors (Lipinski definition) is 1. The van der Waals surface area contributed by atoms with E-state index in [4.69, 9.17) is 5.11 Å². The van der Waals surface area contributed by atoms with Crippen LogP contribution < -0.4 is 0 Å². The number of carboxylic acid groups (broad SMARTS) is 1.